The first-order chi connectivity index (χ1) is 15.8. The average Bonchev–Trinajstić information content (AvgIpc) is 3.32. The van der Waals surface area contributed by atoms with Gasteiger partial charge in [-0.3, -0.25) is 4.79 Å². The van der Waals surface area contributed by atoms with Crippen molar-refractivity contribution >= 4 is 15.9 Å². The summed E-state index contributed by atoms with van der Waals surface area (Å²) < 4.78 is 33.4. The second kappa shape index (κ2) is 9.93. The van der Waals surface area contributed by atoms with Gasteiger partial charge in [0.15, 0.2) is 0 Å². The van der Waals surface area contributed by atoms with Crippen LogP contribution in [0.2, 0.25) is 0 Å². The molecule has 1 aliphatic rings. The van der Waals surface area contributed by atoms with E-state index in [1.807, 2.05) is 73.3 Å². The van der Waals surface area contributed by atoms with Gasteiger partial charge < -0.3 is 9.32 Å². The smallest absolute Gasteiger partial charge is 0.243 e. The molecule has 1 aliphatic heterocycles. The molecule has 0 saturated carbocycles. The van der Waals surface area contributed by atoms with Gasteiger partial charge in [-0.1, -0.05) is 48.0 Å². The van der Waals surface area contributed by atoms with E-state index in [1.54, 1.807) is 12.3 Å². The molecule has 0 unspecified atom stereocenters. The fourth-order valence-electron chi connectivity index (χ4n) is 4.44. The minimum Gasteiger partial charge on any atom is -0.467 e. The van der Waals surface area contributed by atoms with E-state index in [1.165, 1.54) is 4.31 Å². The molecule has 1 saturated heterocycles. The molecule has 7 heteroatoms. The van der Waals surface area contributed by atoms with E-state index in [2.05, 4.69) is 0 Å². The summed E-state index contributed by atoms with van der Waals surface area (Å²) in [5, 5.41) is 0. The molecular formula is C26H30N2O4S. The number of hydrogen-bond acceptors (Lipinski definition) is 4. The highest BCUT2D eigenvalue weighted by Crippen LogP contribution is 2.28. The van der Waals surface area contributed by atoms with Gasteiger partial charge in [0.1, 0.15) is 5.76 Å². The number of carbonyl (C=O) groups excluding carboxylic acids is 1. The van der Waals surface area contributed by atoms with Crippen LogP contribution in [0.5, 0.6) is 0 Å². The Bertz CT molecular complexity index is 1180. The van der Waals surface area contributed by atoms with Crippen molar-refractivity contribution in [3.63, 3.8) is 0 Å². The lowest BCUT2D eigenvalue weighted by atomic mass is 9.96. The summed E-state index contributed by atoms with van der Waals surface area (Å²) in [6, 6.07) is 19.0. The Labute approximate surface area is 195 Å². The second-order valence-corrected chi connectivity index (χ2v) is 10.6. The Balaban J connectivity index is 1.46. The highest BCUT2D eigenvalue weighted by atomic mass is 32.2. The number of benzene rings is 2. The molecule has 0 spiro atoms. The van der Waals surface area contributed by atoms with Gasteiger partial charge in [-0.25, -0.2) is 8.42 Å². The predicted octanol–water partition coefficient (Wildman–Crippen LogP) is 4.53. The zero-order valence-electron chi connectivity index (χ0n) is 19.1. The van der Waals surface area contributed by atoms with Crippen LogP contribution in [-0.2, 0) is 27.9 Å². The van der Waals surface area contributed by atoms with E-state index < -0.39 is 10.0 Å². The van der Waals surface area contributed by atoms with E-state index in [9.17, 15) is 13.2 Å². The SMILES string of the molecule is Cc1ccc(S(=O)(=O)N2CCC(C(=O)N(Cc3ccccc3)Cc3ccco3)CC2)c(C)c1. The normalized spacial score (nSPS) is 15.5. The molecule has 1 amide bonds. The molecule has 33 heavy (non-hydrogen) atoms. The summed E-state index contributed by atoms with van der Waals surface area (Å²) in [6.07, 6.45) is 2.62. The van der Waals surface area contributed by atoms with Gasteiger partial charge in [-0.05, 0) is 56.0 Å². The second-order valence-electron chi connectivity index (χ2n) is 8.71. The van der Waals surface area contributed by atoms with Crippen LogP contribution in [0.1, 0.15) is 35.3 Å². The summed E-state index contributed by atoms with van der Waals surface area (Å²) in [5.41, 5.74) is 2.83. The quantitative estimate of drug-likeness (QED) is 0.513. The van der Waals surface area contributed by atoms with Gasteiger partial charge in [-0.15, -0.1) is 0 Å². The van der Waals surface area contributed by atoms with Crippen LogP contribution in [-0.4, -0.2) is 36.6 Å². The lowest BCUT2D eigenvalue weighted by molar-refractivity contribution is -0.138. The van der Waals surface area contributed by atoms with Crippen LogP contribution >= 0.6 is 0 Å². The van der Waals surface area contributed by atoms with E-state index in [0.29, 0.717) is 43.9 Å². The third-order valence-electron chi connectivity index (χ3n) is 6.21. The Morgan fingerprint density at radius 3 is 2.36 bits per heavy atom. The van der Waals surface area contributed by atoms with Crippen LogP contribution in [0.15, 0.2) is 76.2 Å². The predicted molar refractivity (Wildman–Crippen MR) is 127 cm³/mol. The molecule has 0 aliphatic carbocycles. The third kappa shape index (κ3) is 5.37. The molecule has 174 valence electrons. The zero-order chi connectivity index (χ0) is 23.4. The summed E-state index contributed by atoms with van der Waals surface area (Å²) in [4.78, 5) is 15.6. The van der Waals surface area contributed by atoms with Gasteiger partial charge in [0.2, 0.25) is 15.9 Å². The van der Waals surface area contributed by atoms with Gasteiger partial charge in [0.05, 0.1) is 17.7 Å². The van der Waals surface area contributed by atoms with Crippen LogP contribution in [0.4, 0.5) is 0 Å². The van der Waals surface area contributed by atoms with Gasteiger partial charge in [-0.2, -0.15) is 4.31 Å². The van der Waals surface area contributed by atoms with Gasteiger partial charge in [0, 0.05) is 25.6 Å². The number of sulfonamides is 1. The number of piperidine rings is 1. The summed E-state index contributed by atoms with van der Waals surface area (Å²) in [6.45, 7) is 5.33. The molecule has 0 N–H and O–H groups in total. The number of hydrogen-bond donors (Lipinski definition) is 0. The topological polar surface area (TPSA) is 70.8 Å². The highest BCUT2D eigenvalue weighted by Gasteiger charge is 2.34. The average molecular weight is 467 g/mol. The minimum atomic E-state index is -3.57. The van der Waals surface area contributed by atoms with Crippen molar-refractivity contribution in [3.05, 3.63) is 89.4 Å². The molecule has 1 fully saturated rings. The number of rotatable bonds is 7. The van der Waals surface area contributed by atoms with Crippen molar-refractivity contribution in [2.24, 2.45) is 5.92 Å². The van der Waals surface area contributed by atoms with E-state index in [-0.39, 0.29) is 11.8 Å². The molecule has 4 rings (SSSR count). The minimum absolute atomic E-state index is 0.0406. The van der Waals surface area contributed by atoms with Crippen molar-refractivity contribution in [2.45, 2.75) is 44.7 Å². The molecule has 2 heterocycles. The summed E-state index contributed by atoms with van der Waals surface area (Å²) in [5.74, 6) is 0.558. The van der Waals surface area contributed by atoms with Crippen LogP contribution in [0.25, 0.3) is 0 Å². The van der Waals surface area contributed by atoms with E-state index in [0.717, 1.165) is 22.5 Å². The Morgan fingerprint density at radius 2 is 1.73 bits per heavy atom. The number of amides is 1. The largest absolute Gasteiger partial charge is 0.467 e. The molecule has 1 aromatic heterocycles. The Kier molecular flexibility index (Phi) is 7.00. The molecule has 6 nitrogen and oxygen atoms in total. The summed E-state index contributed by atoms with van der Waals surface area (Å²) >= 11 is 0. The van der Waals surface area contributed by atoms with Crippen LogP contribution < -0.4 is 0 Å². The van der Waals surface area contributed by atoms with Crippen molar-refractivity contribution in [1.82, 2.24) is 9.21 Å². The molecule has 2 aromatic carbocycles. The number of carbonyl (C=O) groups is 1. The van der Waals surface area contributed by atoms with Crippen molar-refractivity contribution in [1.29, 1.82) is 0 Å². The fourth-order valence-corrected chi connectivity index (χ4v) is 6.11. The highest BCUT2D eigenvalue weighted by molar-refractivity contribution is 7.89. The molecular weight excluding hydrogens is 436 g/mol. The number of nitrogens with zero attached hydrogens (tertiary/aromatic N) is 2. The molecule has 0 radical (unpaired) electrons. The standard InChI is InChI=1S/C26H30N2O4S/c1-20-10-11-25(21(2)17-20)33(30,31)28-14-12-23(13-15-28)26(29)27(19-24-9-6-16-32-24)18-22-7-4-3-5-8-22/h3-11,16-17,23H,12-15,18-19H2,1-2H3. The lowest BCUT2D eigenvalue weighted by Gasteiger charge is -2.33. The first-order valence-corrected chi connectivity index (χ1v) is 12.7. The monoisotopic (exact) mass is 466 g/mol. The van der Waals surface area contributed by atoms with Crippen molar-refractivity contribution in [3.8, 4) is 0 Å². The number of furan rings is 1. The maximum absolute atomic E-state index is 13.5. The van der Waals surface area contributed by atoms with Crippen molar-refractivity contribution in [2.75, 3.05) is 13.1 Å². The van der Waals surface area contributed by atoms with E-state index >= 15 is 0 Å². The number of aryl methyl sites for hydroxylation is 2. The maximum Gasteiger partial charge on any atom is 0.243 e. The van der Waals surface area contributed by atoms with Crippen molar-refractivity contribution < 1.29 is 17.6 Å². The first-order valence-electron chi connectivity index (χ1n) is 11.3. The van der Waals surface area contributed by atoms with Gasteiger partial charge >= 0.3 is 0 Å². The van der Waals surface area contributed by atoms with E-state index in [4.69, 9.17) is 4.42 Å². The Morgan fingerprint density at radius 1 is 1.00 bits per heavy atom. The van der Waals surface area contributed by atoms with Gasteiger partial charge in [0.25, 0.3) is 0 Å². The molecule has 0 bridgehead atoms. The Hall–Kier alpha value is -2.90. The molecule has 3 aromatic rings. The first kappa shape index (κ1) is 23.3. The summed E-state index contributed by atoms with van der Waals surface area (Å²) in [7, 11) is -3.57. The van der Waals surface area contributed by atoms with Crippen LogP contribution in [0.3, 0.4) is 0 Å². The van der Waals surface area contributed by atoms with Crippen LogP contribution in [0, 0.1) is 19.8 Å². The maximum atomic E-state index is 13.5. The zero-order valence-corrected chi connectivity index (χ0v) is 19.9. The fraction of sp³-hybridized carbons (Fsp3) is 0.346. The molecule has 0 atom stereocenters. The third-order valence-corrected chi connectivity index (χ3v) is 8.27. The lowest BCUT2D eigenvalue weighted by Crippen LogP contribution is -2.44.